The summed E-state index contributed by atoms with van der Waals surface area (Å²) in [5, 5.41) is 10.5. The van der Waals surface area contributed by atoms with Gasteiger partial charge in [-0.25, -0.2) is 0 Å². The number of hydrogen-bond donors (Lipinski definition) is 1. The third-order valence-corrected chi connectivity index (χ3v) is 2.01. The number of nitrogens with zero attached hydrogens (tertiary/aromatic N) is 1. The number of nitro benzene ring substituents is 1. The number of benzene rings is 1. The normalized spacial score (nSPS) is 9.86. The molecule has 14 heavy (non-hydrogen) atoms. The summed E-state index contributed by atoms with van der Waals surface area (Å²) >= 11 is 5.66. The van der Waals surface area contributed by atoms with Crippen molar-refractivity contribution in [1.82, 2.24) is 0 Å². The number of hydrogen-bond acceptors (Lipinski definition) is 4. The van der Waals surface area contributed by atoms with E-state index in [0.29, 0.717) is 0 Å². The van der Waals surface area contributed by atoms with Gasteiger partial charge in [0.2, 0.25) is 0 Å². The van der Waals surface area contributed by atoms with Gasteiger partial charge in [0.05, 0.1) is 9.95 Å². The standard InChI is InChI=1S/C8H7ClN2O3/c1-4(12)5-2-7(10)8(11(13)14)3-6(5)9/h2-3H,10H2,1H3. The first-order chi connectivity index (χ1) is 6.43. The van der Waals surface area contributed by atoms with Crippen LogP contribution in [0.4, 0.5) is 11.4 Å². The Hall–Kier alpha value is -1.62. The van der Waals surface area contributed by atoms with E-state index in [2.05, 4.69) is 0 Å². The van der Waals surface area contributed by atoms with Crippen LogP contribution in [-0.2, 0) is 0 Å². The molecule has 0 aromatic heterocycles. The molecule has 0 atom stereocenters. The van der Waals surface area contributed by atoms with Crippen molar-refractivity contribution in [2.45, 2.75) is 6.92 Å². The highest BCUT2D eigenvalue weighted by molar-refractivity contribution is 6.34. The minimum atomic E-state index is -0.648. The third kappa shape index (κ3) is 1.82. The van der Waals surface area contributed by atoms with Gasteiger partial charge < -0.3 is 5.73 Å². The summed E-state index contributed by atoms with van der Waals surface area (Å²) < 4.78 is 0. The number of ketones is 1. The first-order valence-corrected chi connectivity index (χ1v) is 4.05. The molecule has 0 fully saturated rings. The largest absolute Gasteiger partial charge is 0.393 e. The van der Waals surface area contributed by atoms with E-state index < -0.39 is 4.92 Å². The summed E-state index contributed by atoms with van der Waals surface area (Å²) in [6.07, 6.45) is 0. The summed E-state index contributed by atoms with van der Waals surface area (Å²) in [4.78, 5) is 20.8. The third-order valence-electron chi connectivity index (χ3n) is 1.69. The molecular weight excluding hydrogens is 208 g/mol. The minimum absolute atomic E-state index is 0.0402. The Morgan fingerprint density at radius 3 is 2.57 bits per heavy atom. The zero-order valence-electron chi connectivity index (χ0n) is 7.28. The molecule has 2 N–H and O–H groups in total. The first kappa shape index (κ1) is 10.5. The molecule has 0 heterocycles. The number of nitrogens with two attached hydrogens (primary N) is 1. The quantitative estimate of drug-likeness (QED) is 0.353. The Morgan fingerprint density at radius 1 is 1.57 bits per heavy atom. The Labute approximate surface area is 84.6 Å². The average molecular weight is 215 g/mol. The fourth-order valence-corrected chi connectivity index (χ4v) is 1.30. The fraction of sp³-hybridized carbons (Fsp3) is 0.125. The van der Waals surface area contributed by atoms with E-state index in [1.807, 2.05) is 0 Å². The van der Waals surface area contributed by atoms with Crippen LogP contribution in [0.3, 0.4) is 0 Å². The highest BCUT2D eigenvalue weighted by Crippen LogP contribution is 2.29. The van der Waals surface area contributed by atoms with Gasteiger partial charge in [-0.15, -0.1) is 0 Å². The molecule has 0 saturated carbocycles. The van der Waals surface area contributed by atoms with Gasteiger partial charge in [0.15, 0.2) is 5.78 Å². The average Bonchev–Trinajstić information content (AvgIpc) is 2.07. The van der Waals surface area contributed by atoms with Crippen molar-refractivity contribution in [3.8, 4) is 0 Å². The number of nitrogen functional groups attached to an aromatic ring is 1. The monoisotopic (exact) mass is 214 g/mol. The Morgan fingerprint density at radius 2 is 2.14 bits per heavy atom. The van der Waals surface area contributed by atoms with Gasteiger partial charge in [-0.1, -0.05) is 11.6 Å². The Balaban J connectivity index is 3.38. The predicted molar refractivity (Wildman–Crippen MR) is 52.5 cm³/mol. The maximum absolute atomic E-state index is 11.0. The highest BCUT2D eigenvalue weighted by Gasteiger charge is 2.16. The maximum atomic E-state index is 11.0. The highest BCUT2D eigenvalue weighted by atomic mass is 35.5. The molecule has 74 valence electrons. The van der Waals surface area contributed by atoms with Gasteiger partial charge in [-0.05, 0) is 13.0 Å². The summed E-state index contributed by atoms with van der Waals surface area (Å²) in [6.45, 7) is 1.31. The van der Waals surface area contributed by atoms with E-state index in [1.165, 1.54) is 13.0 Å². The second kappa shape index (κ2) is 3.63. The zero-order valence-corrected chi connectivity index (χ0v) is 8.04. The van der Waals surface area contributed by atoms with E-state index in [-0.39, 0.29) is 27.7 Å². The van der Waals surface area contributed by atoms with Crippen LogP contribution in [0.25, 0.3) is 0 Å². The fourth-order valence-electron chi connectivity index (χ4n) is 1.01. The summed E-state index contributed by atoms with van der Waals surface area (Å²) in [5.74, 6) is -0.281. The lowest BCUT2D eigenvalue weighted by Gasteiger charge is -2.02. The molecule has 0 aliphatic carbocycles. The number of carbonyl (C=O) groups excluding carboxylic acids is 1. The summed E-state index contributed by atoms with van der Waals surface area (Å²) in [7, 11) is 0. The van der Waals surface area contributed by atoms with E-state index in [0.717, 1.165) is 6.07 Å². The molecule has 0 unspecified atom stereocenters. The number of halogens is 1. The molecule has 1 aromatic carbocycles. The van der Waals surface area contributed by atoms with Crippen LogP contribution in [0, 0.1) is 10.1 Å². The van der Waals surface area contributed by atoms with Crippen LogP contribution in [-0.4, -0.2) is 10.7 Å². The molecule has 1 rings (SSSR count). The summed E-state index contributed by atoms with van der Waals surface area (Å²) in [5.41, 5.74) is 5.21. The van der Waals surface area contributed by atoms with Crippen molar-refractivity contribution in [3.05, 3.63) is 32.8 Å². The van der Waals surface area contributed by atoms with Crippen LogP contribution in [0.5, 0.6) is 0 Å². The molecule has 0 amide bonds. The van der Waals surface area contributed by atoms with Crippen LogP contribution >= 0.6 is 11.6 Å². The van der Waals surface area contributed by atoms with Gasteiger partial charge >= 0.3 is 0 Å². The number of anilines is 1. The zero-order chi connectivity index (χ0) is 10.9. The molecule has 6 heteroatoms. The number of Topliss-reactive ketones (excluding diaryl/α,β-unsaturated/α-hetero) is 1. The molecule has 0 bridgehead atoms. The molecule has 5 nitrogen and oxygen atoms in total. The van der Waals surface area contributed by atoms with Crippen molar-refractivity contribution in [3.63, 3.8) is 0 Å². The second-order valence-electron chi connectivity index (χ2n) is 2.70. The molecule has 0 aliphatic rings. The van der Waals surface area contributed by atoms with E-state index in [9.17, 15) is 14.9 Å². The number of nitro groups is 1. The Kier molecular flexibility index (Phi) is 2.71. The van der Waals surface area contributed by atoms with Crippen LogP contribution < -0.4 is 5.73 Å². The van der Waals surface area contributed by atoms with Gasteiger partial charge in [-0.3, -0.25) is 14.9 Å². The van der Waals surface area contributed by atoms with Gasteiger partial charge in [-0.2, -0.15) is 0 Å². The van der Waals surface area contributed by atoms with Crippen molar-refractivity contribution in [2.24, 2.45) is 0 Å². The van der Waals surface area contributed by atoms with Gasteiger partial charge in [0, 0.05) is 11.6 Å². The molecule has 0 aliphatic heterocycles. The maximum Gasteiger partial charge on any atom is 0.293 e. The number of carbonyl (C=O) groups is 1. The molecule has 1 aromatic rings. The van der Waals surface area contributed by atoms with Crippen LogP contribution in [0.2, 0.25) is 5.02 Å². The van der Waals surface area contributed by atoms with E-state index >= 15 is 0 Å². The van der Waals surface area contributed by atoms with Crippen molar-refractivity contribution < 1.29 is 9.72 Å². The van der Waals surface area contributed by atoms with Crippen molar-refractivity contribution in [1.29, 1.82) is 0 Å². The van der Waals surface area contributed by atoms with E-state index in [4.69, 9.17) is 17.3 Å². The molecule has 0 saturated heterocycles. The van der Waals surface area contributed by atoms with Crippen molar-refractivity contribution >= 4 is 28.8 Å². The van der Waals surface area contributed by atoms with Crippen molar-refractivity contribution in [2.75, 3.05) is 5.73 Å². The van der Waals surface area contributed by atoms with E-state index in [1.54, 1.807) is 0 Å². The van der Waals surface area contributed by atoms with Gasteiger partial charge in [0.1, 0.15) is 5.69 Å². The molecular formula is C8H7ClN2O3. The topological polar surface area (TPSA) is 86.2 Å². The second-order valence-corrected chi connectivity index (χ2v) is 3.11. The SMILES string of the molecule is CC(=O)c1cc(N)c([N+](=O)[O-])cc1Cl. The first-order valence-electron chi connectivity index (χ1n) is 3.68. The van der Waals surface area contributed by atoms with Crippen LogP contribution in [0.1, 0.15) is 17.3 Å². The molecule has 0 spiro atoms. The van der Waals surface area contributed by atoms with Crippen LogP contribution in [0.15, 0.2) is 12.1 Å². The lowest BCUT2D eigenvalue weighted by molar-refractivity contribution is -0.383. The van der Waals surface area contributed by atoms with Gasteiger partial charge in [0.25, 0.3) is 5.69 Å². The lowest BCUT2D eigenvalue weighted by Crippen LogP contribution is -2.00. The Bertz CT molecular complexity index is 378. The smallest absolute Gasteiger partial charge is 0.293 e. The minimum Gasteiger partial charge on any atom is -0.393 e. The predicted octanol–water partition coefficient (Wildman–Crippen LogP) is 2.03. The summed E-state index contributed by atoms with van der Waals surface area (Å²) in [6, 6.07) is 2.29. The number of rotatable bonds is 2. The lowest BCUT2D eigenvalue weighted by atomic mass is 10.1. The molecule has 0 radical (unpaired) electrons.